The van der Waals surface area contributed by atoms with Gasteiger partial charge in [-0.2, -0.15) is 0 Å². The normalized spacial score (nSPS) is 16.8. The van der Waals surface area contributed by atoms with Crippen molar-refractivity contribution in [3.63, 3.8) is 0 Å². The minimum absolute atomic E-state index is 0.0706. The van der Waals surface area contributed by atoms with Crippen molar-refractivity contribution in [1.29, 1.82) is 0 Å². The second-order valence-corrected chi connectivity index (χ2v) is 5.22. The number of hydrogen-bond donors (Lipinski definition) is 2. The van der Waals surface area contributed by atoms with Crippen LogP contribution in [0.1, 0.15) is 30.7 Å². The Kier molecular flexibility index (Phi) is 3.38. The Morgan fingerprint density at radius 1 is 1.53 bits per heavy atom. The summed E-state index contributed by atoms with van der Waals surface area (Å²) in [5.41, 5.74) is 0.375. The predicted octanol–water partition coefficient (Wildman–Crippen LogP) is 3.26. The monoisotopic (exact) mass is 302 g/mol. The number of aliphatic carboxylic acids is 1. The molecule has 1 aromatic carbocycles. The van der Waals surface area contributed by atoms with E-state index in [0.717, 1.165) is 18.9 Å². The average molecular weight is 303 g/mol. The van der Waals surface area contributed by atoms with E-state index in [0.29, 0.717) is 10.0 Å². The van der Waals surface area contributed by atoms with E-state index in [1.54, 1.807) is 0 Å². The zero-order valence-corrected chi connectivity index (χ0v) is 10.6. The van der Waals surface area contributed by atoms with Gasteiger partial charge in [0.1, 0.15) is 11.6 Å². The van der Waals surface area contributed by atoms with E-state index in [2.05, 4.69) is 15.9 Å². The topological polar surface area (TPSA) is 57.5 Å². The highest BCUT2D eigenvalue weighted by atomic mass is 79.9. The van der Waals surface area contributed by atoms with Crippen LogP contribution >= 0.6 is 15.9 Å². The van der Waals surface area contributed by atoms with Crippen molar-refractivity contribution in [1.82, 2.24) is 0 Å². The lowest BCUT2D eigenvalue weighted by Gasteiger charge is -2.16. The molecule has 0 saturated heterocycles. The molecule has 5 heteroatoms. The molecule has 92 valence electrons. The van der Waals surface area contributed by atoms with Crippen molar-refractivity contribution in [3.05, 3.63) is 28.0 Å². The highest BCUT2D eigenvalue weighted by molar-refractivity contribution is 9.10. The van der Waals surface area contributed by atoms with Crippen LogP contribution in [0.5, 0.6) is 5.75 Å². The van der Waals surface area contributed by atoms with Crippen LogP contribution < -0.4 is 0 Å². The zero-order chi connectivity index (χ0) is 12.6. The van der Waals surface area contributed by atoms with Crippen LogP contribution in [0.15, 0.2) is 16.6 Å². The highest BCUT2D eigenvalue weighted by Gasteiger charge is 2.35. The van der Waals surface area contributed by atoms with Crippen molar-refractivity contribution in [3.8, 4) is 5.75 Å². The van der Waals surface area contributed by atoms with Crippen LogP contribution in [0.25, 0.3) is 0 Å². The molecule has 0 aliphatic heterocycles. The number of hydrogen-bond acceptors (Lipinski definition) is 2. The fourth-order valence-electron chi connectivity index (χ4n) is 2.05. The van der Waals surface area contributed by atoms with Crippen molar-refractivity contribution in [2.45, 2.75) is 25.2 Å². The van der Waals surface area contributed by atoms with Crippen LogP contribution in [-0.2, 0) is 4.79 Å². The molecule has 0 amide bonds. The second-order valence-electron chi connectivity index (χ2n) is 4.37. The molecule has 1 aromatic rings. The fraction of sp³-hybridized carbons (Fsp3) is 0.417. The van der Waals surface area contributed by atoms with Crippen molar-refractivity contribution < 1.29 is 19.4 Å². The van der Waals surface area contributed by atoms with Gasteiger partial charge in [-0.1, -0.05) is 0 Å². The Hall–Kier alpha value is -1.10. The van der Waals surface area contributed by atoms with Gasteiger partial charge in [-0.3, -0.25) is 4.79 Å². The van der Waals surface area contributed by atoms with E-state index >= 15 is 0 Å². The van der Waals surface area contributed by atoms with Crippen molar-refractivity contribution >= 4 is 21.9 Å². The van der Waals surface area contributed by atoms with Crippen LogP contribution in [0.2, 0.25) is 0 Å². The van der Waals surface area contributed by atoms with E-state index in [1.807, 2.05) is 0 Å². The van der Waals surface area contributed by atoms with Gasteiger partial charge in [0.2, 0.25) is 0 Å². The molecule has 3 nitrogen and oxygen atoms in total. The van der Waals surface area contributed by atoms with Gasteiger partial charge in [0.25, 0.3) is 0 Å². The quantitative estimate of drug-likeness (QED) is 0.897. The molecule has 0 bridgehead atoms. The Morgan fingerprint density at radius 3 is 2.71 bits per heavy atom. The standard InChI is InChI=1S/C12H12BrFO3/c13-9-3-8(10(14)5-11(9)15)7(4-12(16)17)6-1-2-6/h3,5-7,15H,1-2,4H2,(H,16,17). The number of carbonyl (C=O) groups is 1. The summed E-state index contributed by atoms with van der Waals surface area (Å²) in [6.45, 7) is 0. The van der Waals surface area contributed by atoms with Crippen molar-refractivity contribution in [2.24, 2.45) is 5.92 Å². The lowest BCUT2D eigenvalue weighted by Crippen LogP contribution is -2.10. The summed E-state index contributed by atoms with van der Waals surface area (Å²) in [6.07, 6.45) is 1.81. The number of aromatic hydroxyl groups is 1. The average Bonchev–Trinajstić information content (AvgIpc) is 3.04. The van der Waals surface area contributed by atoms with Crippen LogP contribution in [0.3, 0.4) is 0 Å². The fourth-order valence-corrected chi connectivity index (χ4v) is 2.41. The molecule has 1 aliphatic rings. The van der Waals surface area contributed by atoms with E-state index in [4.69, 9.17) is 5.11 Å². The van der Waals surface area contributed by atoms with Gasteiger partial charge >= 0.3 is 5.97 Å². The summed E-state index contributed by atoms with van der Waals surface area (Å²) < 4.78 is 14.1. The molecule has 2 N–H and O–H groups in total. The second kappa shape index (κ2) is 4.64. The third kappa shape index (κ3) is 2.77. The molecule has 0 aromatic heterocycles. The maximum Gasteiger partial charge on any atom is 0.303 e. The first-order valence-electron chi connectivity index (χ1n) is 5.38. The molecule has 0 radical (unpaired) electrons. The first-order valence-corrected chi connectivity index (χ1v) is 6.18. The number of phenolic OH excluding ortho intramolecular Hbond substituents is 1. The molecule has 0 heterocycles. The van der Waals surface area contributed by atoms with Gasteiger partial charge in [0.15, 0.2) is 0 Å². The van der Waals surface area contributed by atoms with Gasteiger partial charge < -0.3 is 10.2 Å². The summed E-state index contributed by atoms with van der Waals surface area (Å²) in [5.74, 6) is -1.69. The third-order valence-corrected chi connectivity index (χ3v) is 3.69. The van der Waals surface area contributed by atoms with Crippen LogP contribution in [-0.4, -0.2) is 16.2 Å². The van der Waals surface area contributed by atoms with Gasteiger partial charge in [-0.15, -0.1) is 0 Å². The summed E-state index contributed by atoms with van der Waals surface area (Å²) in [4.78, 5) is 10.8. The Balaban J connectivity index is 2.35. The number of rotatable bonds is 4. The zero-order valence-electron chi connectivity index (χ0n) is 8.99. The van der Waals surface area contributed by atoms with E-state index in [-0.39, 0.29) is 24.0 Å². The summed E-state index contributed by atoms with van der Waals surface area (Å²) in [6, 6.07) is 2.51. The predicted molar refractivity (Wildman–Crippen MR) is 63.5 cm³/mol. The first kappa shape index (κ1) is 12.4. The lowest BCUT2D eigenvalue weighted by molar-refractivity contribution is -0.137. The third-order valence-electron chi connectivity index (χ3n) is 3.05. The molecule has 1 saturated carbocycles. The van der Waals surface area contributed by atoms with E-state index < -0.39 is 11.8 Å². The molecule has 1 unspecified atom stereocenters. The van der Waals surface area contributed by atoms with E-state index in [9.17, 15) is 14.3 Å². The molecule has 2 rings (SSSR count). The molecular formula is C12H12BrFO3. The van der Waals surface area contributed by atoms with Gasteiger partial charge in [0.05, 0.1) is 10.9 Å². The Labute approximate surface area is 106 Å². The highest BCUT2D eigenvalue weighted by Crippen LogP contribution is 2.46. The van der Waals surface area contributed by atoms with Crippen LogP contribution in [0, 0.1) is 11.7 Å². The number of carboxylic acids is 1. The first-order chi connectivity index (χ1) is 7.99. The number of halogens is 2. The van der Waals surface area contributed by atoms with Gasteiger partial charge in [0, 0.05) is 12.0 Å². The molecular weight excluding hydrogens is 291 g/mol. The molecule has 1 aliphatic carbocycles. The Bertz CT molecular complexity index is 457. The Morgan fingerprint density at radius 2 is 2.18 bits per heavy atom. The lowest BCUT2D eigenvalue weighted by atomic mass is 9.90. The van der Waals surface area contributed by atoms with Crippen molar-refractivity contribution in [2.75, 3.05) is 0 Å². The summed E-state index contributed by atoms with van der Waals surface area (Å²) >= 11 is 3.12. The minimum Gasteiger partial charge on any atom is -0.507 e. The summed E-state index contributed by atoms with van der Waals surface area (Å²) in [5, 5.41) is 18.2. The maximum atomic E-state index is 13.7. The number of phenols is 1. The molecule has 17 heavy (non-hydrogen) atoms. The van der Waals surface area contributed by atoms with E-state index in [1.165, 1.54) is 6.07 Å². The smallest absolute Gasteiger partial charge is 0.303 e. The van der Waals surface area contributed by atoms with Gasteiger partial charge in [-0.05, 0) is 46.3 Å². The van der Waals surface area contributed by atoms with Crippen LogP contribution in [0.4, 0.5) is 4.39 Å². The molecule has 0 spiro atoms. The largest absolute Gasteiger partial charge is 0.507 e. The minimum atomic E-state index is -0.925. The SMILES string of the molecule is O=C(O)CC(c1cc(Br)c(O)cc1F)C1CC1. The molecule has 1 fully saturated rings. The summed E-state index contributed by atoms with van der Waals surface area (Å²) in [7, 11) is 0. The molecule has 1 atom stereocenters. The number of benzene rings is 1. The maximum absolute atomic E-state index is 13.7. The number of carboxylic acid groups (broad SMARTS) is 1. The van der Waals surface area contributed by atoms with Gasteiger partial charge in [-0.25, -0.2) is 4.39 Å².